The van der Waals surface area contributed by atoms with Crippen LogP contribution >= 0.6 is 0 Å². The normalized spacial score (nSPS) is 31.0. The van der Waals surface area contributed by atoms with Crippen molar-refractivity contribution in [1.29, 1.82) is 0 Å². The zero-order chi connectivity index (χ0) is 10.2. The van der Waals surface area contributed by atoms with Crippen molar-refractivity contribution in [3.05, 3.63) is 35.9 Å². The highest BCUT2D eigenvalue weighted by atomic mass is 16.6. The number of hydrogen-bond acceptors (Lipinski definition) is 2. The number of rotatable bonds is 1. The Balaban J connectivity index is 2.38. The Hall–Kier alpha value is -1.51. The summed E-state index contributed by atoms with van der Waals surface area (Å²) in [6, 6.07) is 9.77. The zero-order valence-corrected chi connectivity index (χ0v) is 8.28. The molecule has 0 aliphatic carbocycles. The molecule has 1 aromatic rings. The molecule has 1 aliphatic heterocycles. The van der Waals surface area contributed by atoms with Crippen LogP contribution in [0.25, 0.3) is 0 Å². The molecule has 3 heteroatoms. The lowest BCUT2D eigenvalue weighted by molar-refractivity contribution is 0.0533. The summed E-state index contributed by atoms with van der Waals surface area (Å²) < 4.78 is 5.30. The molecule has 74 valence electrons. The van der Waals surface area contributed by atoms with E-state index in [9.17, 15) is 4.79 Å². The van der Waals surface area contributed by atoms with Crippen molar-refractivity contribution in [3.63, 3.8) is 0 Å². The highest BCUT2D eigenvalue weighted by Gasteiger charge is 2.43. The van der Waals surface area contributed by atoms with Gasteiger partial charge in [0.1, 0.15) is 0 Å². The molecule has 0 aromatic heterocycles. The predicted molar refractivity (Wildman–Crippen MR) is 52.9 cm³/mol. The molecule has 1 heterocycles. The van der Waals surface area contributed by atoms with Crippen LogP contribution in [-0.2, 0) is 10.3 Å². The maximum Gasteiger partial charge on any atom is 0.408 e. The van der Waals surface area contributed by atoms with Gasteiger partial charge in [0.15, 0.2) is 5.60 Å². The smallest absolute Gasteiger partial charge is 0.408 e. The Morgan fingerprint density at radius 3 is 2.50 bits per heavy atom. The van der Waals surface area contributed by atoms with E-state index >= 15 is 0 Å². The maximum atomic E-state index is 11.1. The van der Waals surface area contributed by atoms with Crippen LogP contribution in [0.15, 0.2) is 30.3 Å². The number of ether oxygens (including phenoxy) is 1. The minimum Gasteiger partial charge on any atom is -0.436 e. The first kappa shape index (κ1) is 9.06. The maximum absolute atomic E-state index is 11.1. The first-order valence-corrected chi connectivity index (χ1v) is 4.68. The lowest BCUT2D eigenvalue weighted by atomic mass is 9.90. The van der Waals surface area contributed by atoms with E-state index in [1.54, 1.807) is 0 Å². The van der Waals surface area contributed by atoms with Crippen molar-refractivity contribution in [1.82, 2.24) is 5.32 Å². The molecule has 3 nitrogen and oxygen atoms in total. The summed E-state index contributed by atoms with van der Waals surface area (Å²) in [5, 5.41) is 2.74. The number of hydrogen-bond donors (Lipinski definition) is 1. The van der Waals surface area contributed by atoms with Crippen LogP contribution in [0, 0.1) is 0 Å². The number of carbonyl (C=O) groups is 1. The molecule has 14 heavy (non-hydrogen) atoms. The topological polar surface area (TPSA) is 38.3 Å². The fraction of sp³-hybridized carbons (Fsp3) is 0.364. The van der Waals surface area contributed by atoms with Crippen LogP contribution in [0.1, 0.15) is 19.4 Å². The zero-order valence-electron chi connectivity index (χ0n) is 8.28. The third-order valence-electron chi connectivity index (χ3n) is 2.81. The van der Waals surface area contributed by atoms with Crippen LogP contribution < -0.4 is 5.32 Å². The van der Waals surface area contributed by atoms with E-state index in [-0.39, 0.29) is 12.1 Å². The van der Waals surface area contributed by atoms with Gasteiger partial charge in [0.2, 0.25) is 0 Å². The first-order valence-electron chi connectivity index (χ1n) is 4.68. The average molecular weight is 191 g/mol. The van der Waals surface area contributed by atoms with E-state index < -0.39 is 5.60 Å². The molecule has 1 aliphatic rings. The standard InChI is InChI=1S/C11H13NO2/c1-8-11(2,14-10(13)12-8)9-6-4-3-5-7-9/h3-8H,1-2H3,(H,12,13)/t8-,11+/m1/s1. The molecular weight excluding hydrogens is 178 g/mol. The number of alkyl carbamates (subject to hydrolysis) is 1. The molecule has 0 spiro atoms. The van der Waals surface area contributed by atoms with Crippen molar-refractivity contribution in [2.75, 3.05) is 0 Å². The molecule has 1 N–H and O–H groups in total. The second kappa shape index (κ2) is 3.01. The van der Waals surface area contributed by atoms with Gasteiger partial charge in [-0.2, -0.15) is 0 Å². The minimum atomic E-state index is -0.543. The van der Waals surface area contributed by atoms with Gasteiger partial charge in [0.25, 0.3) is 0 Å². The fourth-order valence-electron chi connectivity index (χ4n) is 1.70. The summed E-state index contributed by atoms with van der Waals surface area (Å²) >= 11 is 0. The molecule has 0 radical (unpaired) electrons. The Labute approximate surface area is 83.1 Å². The van der Waals surface area contributed by atoms with Gasteiger partial charge in [-0.25, -0.2) is 4.79 Å². The van der Waals surface area contributed by atoms with E-state index in [0.717, 1.165) is 5.56 Å². The monoisotopic (exact) mass is 191 g/mol. The van der Waals surface area contributed by atoms with E-state index in [1.807, 2.05) is 44.2 Å². The van der Waals surface area contributed by atoms with Crippen molar-refractivity contribution < 1.29 is 9.53 Å². The number of benzene rings is 1. The van der Waals surface area contributed by atoms with Crippen LogP contribution in [0.5, 0.6) is 0 Å². The molecule has 1 saturated heterocycles. The molecule has 1 fully saturated rings. The highest BCUT2D eigenvalue weighted by Crippen LogP contribution is 2.32. The number of amides is 1. The summed E-state index contributed by atoms with van der Waals surface area (Å²) in [5.74, 6) is 0. The third-order valence-corrected chi connectivity index (χ3v) is 2.81. The summed E-state index contributed by atoms with van der Waals surface area (Å²) in [4.78, 5) is 11.1. The van der Waals surface area contributed by atoms with Crippen molar-refractivity contribution in [2.24, 2.45) is 0 Å². The van der Waals surface area contributed by atoms with Crippen molar-refractivity contribution in [2.45, 2.75) is 25.5 Å². The van der Waals surface area contributed by atoms with E-state index in [2.05, 4.69) is 5.32 Å². The van der Waals surface area contributed by atoms with E-state index in [1.165, 1.54) is 0 Å². The van der Waals surface area contributed by atoms with Crippen LogP contribution in [0.4, 0.5) is 4.79 Å². The molecular formula is C11H13NO2. The quantitative estimate of drug-likeness (QED) is 0.737. The Morgan fingerprint density at radius 2 is 2.00 bits per heavy atom. The third kappa shape index (κ3) is 1.25. The van der Waals surface area contributed by atoms with Gasteiger partial charge < -0.3 is 10.1 Å². The van der Waals surface area contributed by atoms with E-state index in [4.69, 9.17) is 4.74 Å². The Kier molecular flexibility index (Phi) is 1.95. The molecule has 2 atom stereocenters. The summed E-state index contributed by atoms with van der Waals surface area (Å²) in [7, 11) is 0. The van der Waals surface area contributed by atoms with Gasteiger partial charge in [0.05, 0.1) is 6.04 Å². The lowest BCUT2D eigenvalue weighted by Gasteiger charge is -2.26. The second-order valence-corrected chi connectivity index (χ2v) is 3.73. The van der Waals surface area contributed by atoms with Gasteiger partial charge in [-0.05, 0) is 19.4 Å². The predicted octanol–water partition coefficient (Wildman–Crippen LogP) is 2.03. The molecule has 2 rings (SSSR count). The molecule has 1 amide bonds. The van der Waals surface area contributed by atoms with Gasteiger partial charge in [0, 0.05) is 0 Å². The number of nitrogens with one attached hydrogen (secondary N) is 1. The second-order valence-electron chi connectivity index (χ2n) is 3.73. The SMILES string of the molecule is C[C@H]1NC(=O)O[C@]1(C)c1ccccc1. The van der Waals surface area contributed by atoms with Crippen molar-refractivity contribution in [3.8, 4) is 0 Å². The summed E-state index contributed by atoms with van der Waals surface area (Å²) in [5.41, 5.74) is 0.476. The Bertz CT molecular complexity index is 350. The first-order chi connectivity index (χ1) is 6.63. The Morgan fingerprint density at radius 1 is 1.36 bits per heavy atom. The summed E-state index contributed by atoms with van der Waals surface area (Å²) in [6.07, 6.45) is -0.344. The van der Waals surface area contributed by atoms with Gasteiger partial charge in [-0.3, -0.25) is 0 Å². The number of cyclic esters (lactones) is 1. The number of carbonyl (C=O) groups excluding carboxylic acids is 1. The molecule has 0 unspecified atom stereocenters. The summed E-state index contributed by atoms with van der Waals surface area (Å²) in [6.45, 7) is 3.86. The van der Waals surface area contributed by atoms with Crippen LogP contribution in [0.2, 0.25) is 0 Å². The van der Waals surface area contributed by atoms with Crippen LogP contribution in [0.3, 0.4) is 0 Å². The lowest BCUT2D eigenvalue weighted by Crippen LogP contribution is -2.36. The van der Waals surface area contributed by atoms with Crippen molar-refractivity contribution >= 4 is 6.09 Å². The van der Waals surface area contributed by atoms with Gasteiger partial charge in [-0.1, -0.05) is 30.3 Å². The average Bonchev–Trinajstić information content (AvgIpc) is 2.43. The molecule has 0 saturated carbocycles. The minimum absolute atomic E-state index is 0.00241. The highest BCUT2D eigenvalue weighted by molar-refractivity contribution is 5.71. The largest absolute Gasteiger partial charge is 0.436 e. The van der Waals surface area contributed by atoms with Gasteiger partial charge >= 0.3 is 6.09 Å². The molecule has 1 aromatic carbocycles. The van der Waals surface area contributed by atoms with E-state index in [0.29, 0.717) is 0 Å². The molecule has 0 bridgehead atoms. The van der Waals surface area contributed by atoms with Gasteiger partial charge in [-0.15, -0.1) is 0 Å². The fourth-order valence-corrected chi connectivity index (χ4v) is 1.70. The van der Waals surface area contributed by atoms with Crippen LogP contribution in [-0.4, -0.2) is 12.1 Å².